The Kier molecular flexibility index (Phi) is 9.02. The SMILES string of the molecule is C/C(=C\c1ccc(CO)o1)CC[C@H]1OB(O)C[C@H]2C1=C(CO)C[C@H]1C(=O)N(C3CCN(Cc4ccccc4)CC3)C(=O)[C@H]12. The van der Waals surface area contributed by atoms with Crippen molar-refractivity contribution in [1.82, 2.24) is 9.80 Å². The Bertz CT molecular complexity index is 1380. The number of aliphatic hydroxyl groups is 2. The van der Waals surface area contributed by atoms with E-state index in [-0.39, 0.29) is 43.3 Å². The standard InChI is InChI=1S/C33H41BN2O7/c1-21(15-25-8-9-26(20-38)42-25)7-10-29-30-23(19-37)16-27-31(28(30)17-34(41)43-29)33(40)36(32(27)39)24-11-13-35(14-12-24)18-22-5-3-2-4-6-22/h2-6,8-9,15,24,27-29,31,37-38,41H,7,10-14,16-20H2,1H3/b21-15+/t27-,28+,29-,31-/m1/s1. The van der Waals surface area contributed by atoms with Crippen LogP contribution in [0.15, 0.2) is 63.6 Å². The van der Waals surface area contributed by atoms with Gasteiger partial charge in [0.25, 0.3) is 0 Å². The smallest absolute Gasteiger partial charge is 0.455 e. The molecular formula is C33H41BN2O7. The predicted octanol–water partition coefficient (Wildman–Crippen LogP) is 3.41. The summed E-state index contributed by atoms with van der Waals surface area (Å²) < 4.78 is 11.6. The maximum absolute atomic E-state index is 14.0. The molecule has 6 rings (SSSR count). The second-order valence-corrected chi connectivity index (χ2v) is 12.5. The lowest BCUT2D eigenvalue weighted by Gasteiger charge is -2.43. The van der Waals surface area contributed by atoms with Crippen molar-refractivity contribution in [2.24, 2.45) is 17.8 Å². The van der Waals surface area contributed by atoms with Crippen molar-refractivity contribution in [3.05, 3.63) is 76.3 Å². The molecule has 0 radical (unpaired) electrons. The summed E-state index contributed by atoms with van der Waals surface area (Å²) in [6.45, 7) is 4.13. The minimum Gasteiger partial charge on any atom is -0.459 e. The first-order valence-electron chi connectivity index (χ1n) is 15.5. The number of fused-ring (bicyclic) bond motifs is 3. The van der Waals surface area contributed by atoms with E-state index in [9.17, 15) is 24.8 Å². The largest absolute Gasteiger partial charge is 0.459 e. The van der Waals surface area contributed by atoms with Crippen molar-refractivity contribution in [1.29, 1.82) is 0 Å². The maximum Gasteiger partial charge on any atom is 0.455 e. The van der Waals surface area contributed by atoms with E-state index in [1.54, 1.807) is 17.0 Å². The van der Waals surface area contributed by atoms with E-state index in [1.807, 2.05) is 31.2 Å². The summed E-state index contributed by atoms with van der Waals surface area (Å²) >= 11 is 0. The molecule has 0 bridgehead atoms. The third-order valence-corrected chi connectivity index (χ3v) is 9.73. The maximum atomic E-state index is 14.0. The fourth-order valence-corrected chi connectivity index (χ4v) is 7.70. The molecule has 4 atom stereocenters. The summed E-state index contributed by atoms with van der Waals surface area (Å²) in [6, 6.07) is 13.7. The van der Waals surface area contributed by atoms with E-state index in [2.05, 4.69) is 17.0 Å². The third-order valence-electron chi connectivity index (χ3n) is 9.73. The highest BCUT2D eigenvalue weighted by Crippen LogP contribution is 2.51. The average Bonchev–Trinajstić information content (AvgIpc) is 3.57. The number of imide groups is 1. The summed E-state index contributed by atoms with van der Waals surface area (Å²) in [7, 11) is -1.04. The number of amides is 2. The van der Waals surface area contributed by atoms with Crippen molar-refractivity contribution in [3.63, 3.8) is 0 Å². The molecule has 2 amide bonds. The third kappa shape index (κ3) is 6.17. The van der Waals surface area contributed by atoms with E-state index in [1.165, 1.54) is 5.56 Å². The van der Waals surface area contributed by atoms with Crippen LogP contribution in [0.25, 0.3) is 6.08 Å². The van der Waals surface area contributed by atoms with E-state index < -0.39 is 25.1 Å². The van der Waals surface area contributed by atoms with Gasteiger partial charge < -0.3 is 24.3 Å². The van der Waals surface area contributed by atoms with Crippen LogP contribution in [0.3, 0.4) is 0 Å². The Hall–Kier alpha value is -3.02. The van der Waals surface area contributed by atoms with Crippen molar-refractivity contribution >= 4 is 25.0 Å². The van der Waals surface area contributed by atoms with Crippen LogP contribution >= 0.6 is 0 Å². The zero-order chi connectivity index (χ0) is 30.1. The van der Waals surface area contributed by atoms with Crippen LogP contribution in [0.5, 0.6) is 0 Å². The normalized spacial score (nSPS) is 27.2. The van der Waals surface area contributed by atoms with Crippen molar-refractivity contribution in [2.45, 2.75) is 70.6 Å². The minimum absolute atomic E-state index is 0.125. The summed E-state index contributed by atoms with van der Waals surface area (Å²) in [6.07, 6.45) is 4.75. The summed E-state index contributed by atoms with van der Waals surface area (Å²) in [5.74, 6) is -0.471. The molecule has 2 aromatic rings. The Morgan fingerprint density at radius 3 is 2.49 bits per heavy atom. The fourth-order valence-electron chi connectivity index (χ4n) is 7.70. The van der Waals surface area contributed by atoms with E-state index in [0.717, 1.165) is 49.2 Å². The van der Waals surface area contributed by atoms with Crippen LogP contribution in [0.4, 0.5) is 0 Å². The number of nitrogens with zero attached hydrogens (tertiary/aromatic N) is 2. The quantitative estimate of drug-likeness (QED) is 0.232. The number of likely N-dealkylation sites (tertiary alicyclic amines) is 2. The Morgan fingerprint density at radius 1 is 1.02 bits per heavy atom. The van der Waals surface area contributed by atoms with Crippen LogP contribution in [-0.4, -0.2) is 75.8 Å². The van der Waals surface area contributed by atoms with Crippen molar-refractivity contribution in [3.8, 4) is 0 Å². The van der Waals surface area contributed by atoms with Gasteiger partial charge in [0, 0.05) is 25.7 Å². The van der Waals surface area contributed by atoms with Gasteiger partial charge in [0.2, 0.25) is 11.8 Å². The van der Waals surface area contributed by atoms with Gasteiger partial charge in [-0.1, -0.05) is 35.9 Å². The number of aliphatic hydroxyl groups excluding tert-OH is 2. The van der Waals surface area contributed by atoms with Gasteiger partial charge in [-0.2, -0.15) is 0 Å². The van der Waals surface area contributed by atoms with Gasteiger partial charge in [0.1, 0.15) is 18.1 Å². The van der Waals surface area contributed by atoms with Gasteiger partial charge >= 0.3 is 7.12 Å². The first kappa shape index (κ1) is 30.0. The number of furan rings is 1. The lowest BCUT2D eigenvalue weighted by atomic mass is 9.58. The topological polar surface area (TPSA) is 124 Å². The molecule has 0 spiro atoms. The number of benzene rings is 1. The molecule has 4 heterocycles. The Labute approximate surface area is 253 Å². The van der Waals surface area contributed by atoms with Crippen molar-refractivity contribution in [2.75, 3.05) is 19.7 Å². The zero-order valence-electron chi connectivity index (χ0n) is 24.7. The molecule has 4 aliphatic rings. The van der Waals surface area contributed by atoms with Gasteiger partial charge in [0.15, 0.2) is 0 Å². The van der Waals surface area contributed by atoms with Gasteiger partial charge in [-0.25, -0.2) is 0 Å². The summed E-state index contributed by atoms with van der Waals surface area (Å²) in [4.78, 5) is 31.7. The van der Waals surface area contributed by atoms with Gasteiger partial charge in [-0.05, 0) is 86.2 Å². The fraction of sp³-hybridized carbons (Fsp3) is 0.515. The number of carbonyl (C=O) groups excluding carboxylic acids is 2. The minimum atomic E-state index is -1.04. The molecule has 0 unspecified atom stereocenters. The Morgan fingerprint density at radius 2 is 1.79 bits per heavy atom. The van der Waals surface area contributed by atoms with E-state index in [0.29, 0.717) is 30.8 Å². The highest BCUT2D eigenvalue weighted by atomic mass is 16.5. The molecule has 3 aliphatic heterocycles. The number of piperidine rings is 1. The molecule has 3 saturated heterocycles. The average molecular weight is 589 g/mol. The number of hydrogen-bond donors (Lipinski definition) is 3. The first-order valence-corrected chi connectivity index (χ1v) is 15.5. The second-order valence-electron chi connectivity index (χ2n) is 12.5. The van der Waals surface area contributed by atoms with Crippen LogP contribution in [-0.2, 0) is 27.4 Å². The molecule has 228 valence electrons. The second kappa shape index (κ2) is 12.9. The molecule has 9 nitrogen and oxygen atoms in total. The van der Waals surface area contributed by atoms with Crippen molar-refractivity contribution < 1.29 is 33.9 Å². The molecule has 0 saturated carbocycles. The highest BCUT2D eigenvalue weighted by Gasteiger charge is 2.58. The number of carbonyl (C=O) groups is 2. The van der Waals surface area contributed by atoms with Gasteiger partial charge in [-0.15, -0.1) is 0 Å². The van der Waals surface area contributed by atoms with Crippen LogP contribution < -0.4 is 0 Å². The number of rotatable bonds is 9. The van der Waals surface area contributed by atoms with E-state index in [4.69, 9.17) is 9.07 Å². The number of hydrogen-bond acceptors (Lipinski definition) is 8. The molecule has 1 aromatic carbocycles. The highest BCUT2D eigenvalue weighted by molar-refractivity contribution is 6.43. The first-order chi connectivity index (χ1) is 20.9. The van der Waals surface area contributed by atoms with Crippen LogP contribution in [0.1, 0.15) is 56.1 Å². The van der Waals surface area contributed by atoms with Crippen LogP contribution in [0.2, 0.25) is 6.32 Å². The summed E-state index contributed by atoms with van der Waals surface area (Å²) in [5, 5.41) is 30.4. The number of allylic oxidation sites excluding steroid dienone is 1. The molecule has 3 N–H and O–H groups in total. The van der Waals surface area contributed by atoms with Crippen LogP contribution in [0, 0.1) is 17.8 Å². The molecule has 43 heavy (non-hydrogen) atoms. The molecular weight excluding hydrogens is 547 g/mol. The summed E-state index contributed by atoms with van der Waals surface area (Å²) in [5.41, 5.74) is 3.95. The predicted molar refractivity (Wildman–Crippen MR) is 161 cm³/mol. The molecule has 10 heteroatoms. The zero-order valence-corrected chi connectivity index (χ0v) is 24.7. The molecule has 1 aliphatic carbocycles. The van der Waals surface area contributed by atoms with Gasteiger partial charge in [0.05, 0.1) is 24.5 Å². The molecule has 3 fully saturated rings. The lowest BCUT2D eigenvalue weighted by Crippen LogP contribution is -2.48. The lowest BCUT2D eigenvalue weighted by molar-refractivity contribution is -0.144. The molecule has 1 aromatic heterocycles. The Balaban J connectivity index is 1.15. The van der Waals surface area contributed by atoms with E-state index >= 15 is 0 Å². The van der Waals surface area contributed by atoms with Gasteiger partial charge in [-0.3, -0.25) is 19.4 Å². The monoisotopic (exact) mass is 588 g/mol.